The fraction of sp³-hybridized carbons (Fsp3) is 0.600. The normalized spacial score (nSPS) is 21.8. The molecule has 0 heterocycles. The fourth-order valence-corrected chi connectivity index (χ4v) is 3.62. The molecule has 0 aliphatic heterocycles. The lowest BCUT2D eigenvalue weighted by Crippen LogP contribution is -2.42. The number of rotatable bonds is 4. The number of hydrogen-bond acceptors (Lipinski definition) is 2. The van der Waals surface area contributed by atoms with Crippen LogP contribution in [-0.4, -0.2) is 18.9 Å². The Kier molecular flexibility index (Phi) is 6.37. The third kappa shape index (κ3) is 4.80. The Labute approximate surface area is 153 Å². The SMILES string of the molecule is CNC(=O)C(NC(=O)C1CCC(C(C)(C)C)CC1)c1ccc(F)c(F)c1. The van der Waals surface area contributed by atoms with E-state index in [9.17, 15) is 18.4 Å². The van der Waals surface area contributed by atoms with Crippen LogP contribution in [0.4, 0.5) is 8.78 Å². The number of halogens is 2. The van der Waals surface area contributed by atoms with Crippen molar-refractivity contribution < 1.29 is 18.4 Å². The summed E-state index contributed by atoms with van der Waals surface area (Å²) in [6.45, 7) is 6.63. The number of carbonyl (C=O) groups is 2. The number of likely N-dealkylation sites (N-methyl/N-ethyl adjacent to an activating group) is 1. The van der Waals surface area contributed by atoms with Gasteiger partial charge in [-0.1, -0.05) is 26.8 Å². The van der Waals surface area contributed by atoms with E-state index in [1.165, 1.54) is 13.1 Å². The average Bonchev–Trinajstić information content (AvgIpc) is 2.60. The highest BCUT2D eigenvalue weighted by Gasteiger charge is 2.34. The molecule has 1 unspecified atom stereocenters. The van der Waals surface area contributed by atoms with E-state index in [0.717, 1.165) is 37.8 Å². The molecule has 0 aromatic heterocycles. The van der Waals surface area contributed by atoms with Crippen LogP contribution in [-0.2, 0) is 9.59 Å². The van der Waals surface area contributed by atoms with Crippen molar-refractivity contribution in [2.75, 3.05) is 7.05 Å². The van der Waals surface area contributed by atoms with Gasteiger partial charge in [-0.25, -0.2) is 8.78 Å². The van der Waals surface area contributed by atoms with Crippen molar-refractivity contribution in [1.82, 2.24) is 10.6 Å². The van der Waals surface area contributed by atoms with Crippen LogP contribution in [0.3, 0.4) is 0 Å². The van der Waals surface area contributed by atoms with Gasteiger partial charge in [0.25, 0.3) is 0 Å². The third-order valence-corrected chi connectivity index (χ3v) is 5.39. The van der Waals surface area contributed by atoms with Crippen molar-refractivity contribution in [2.45, 2.75) is 52.5 Å². The Balaban J connectivity index is 2.08. The highest BCUT2D eigenvalue weighted by Crippen LogP contribution is 2.40. The number of amides is 2. The molecule has 0 saturated heterocycles. The summed E-state index contributed by atoms with van der Waals surface area (Å²) in [6.07, 6.45) is 3.48. The minimum Gasteiger partial charge on any atom is -0.357 e. The van der Waals surface area contributed by atoms with Crippen LogP contribution in [0.1, 0.15) is 58.1 Å². The van der Waals surface area contributed by atoms with Gasteiger partial charge in [-0.15, -0.1) is 0 Å². The predicted molar refractivity (Wildman–Crippen MR) is 96.2 cm³/mol. The van der Waals surface area contributed by atoms with Gasteiger partial charge >= 0.3 is 0 Å². The summed E-state index contributed by atoms with van der Waals surface area (Å²) in [4.78, 5) is 24.8. The van der Waals surface area contributed by atoms with Gasteiger partial charge in [-0.3, -0.25) is 9.59 Å². The molecule has 2 rings (SSSR count). The lowest BCUT2D eigenvalue weighted by atomic mass is 9.69. The topological polar surface area (TPSA) is 58.2 Å². The minimum absolute atomic E-state index is 0.161. The van der Waals surface area contributed by atoms with Gasteiger partial charge in [0.1, 0.15) is 6.04 Å². The lowest BCUT2D eigenvalue weighted by Gasteiger charge is -2.36. The quantitative estimate of drug-likeness (QED) is 0.853. The second-order valence-electron chi connectivity index (χ2n) is 8.14. The molecule has 2 amide bonds. The summed E-state index contributed by atoms with van der Waals surface area (Å²) >= 11 is 0. The van der Waals surface area contributed by atoms with E-state index in [2.05, 4.69) is 31.4 Å². The van der Waals surface area contributed by atoms with Crippen molar-refractivity contribution in [3.05, 3.63) is 35.4 Å². The molecule has 1 aliphatic carbocycles. The van der Waals surface area contributed by atoms with Crippen molar-refractivity contribution in [3.63, 3.8) is 0 Å². The van der Waals surface area contributed by atoms with Crippen LogP contribution in [0, 0.1) is 28.9 Å². The molecule has 0 radical (unpaired) electrons. The van der Waals surface area contributed by atoms with Gasteiger partial charge in [-0.2, -0.15) is 0 Å². The molecule has 144 valence electrons. The first-order valence-electron chi connectivity index (χ1n) is 9.10. The van der Waals surface area contributed by atoms with Crippen LogP contribution < -0.4 is 10.6 Å². The summed E-state index contributed by atoms with van der Waals surface area (Å²) in [7, 11) is 1.44. The lowest BCUT2D eigenvalue weighted by molar-refractivity contribution is -0.132. The van der Waals surface area contributed by atoms with Gasteiger partial charge < -0.3 is 10.6 Å². The maximum atomic E-state index is 13.5. The van der Waals surface area contributed by atoms with E-state index < -0.39 is 23.6 Å². The van der Waals surface area contributed by atoms with Gasteiger partial charge in [0.2, 0.25) is 11.8 Å². The highest BCUT2D eigenvalue weighted by molar-refractivity contribution is 5.89. The van der Waals surface area contributed by atoms with Crippen LogP contribution in [0.15, 0.2) is 18.2 Å². The van der Waals surface area contributed by atoms with Crippen molar-refractivity contribution in [3.8, 4) is 0 Å². The Morgan fingerprint density at radius 2 is 1.69 bits per heavy atom. The van der Waals surface area contributed by atoms with Gasteiger partial charge in [0.05, 0.1) is 0 Å². The van der Waals surface area contributed by atoms with E-state index >= 15 is 0 Å². The smallest absolute Gasteiger partial charge is 0.246 e. The molecule has 1 aliphatic rings. The molecule has 26 heavy (non-hydrogen) atoms. The van der Waals surface area contributed by atoms with E-state index in [0.29, 0.717) is 5.92 Å². The third-order valence-electron chi connectivity index (χ3n) is 5.39. The molecule has 0 bridgehead atoms. The second-order valence-corrected chi connectivity index (χ2v) is 8.14. The number of carbonyl (C=O) groups excluding carboxylic acids is 2. The van der Waals surface area contributed by atoms with Gasteiger partial charge in [0, 0.05) is 13.0 Å². The molecule has 1 saturated carbocycles. The van der Waals surface area contributed by atoms with Gasteiger partial charge in [0.15, 0.2) is 11.6 Å². The molecular weight excluding hydrogens is 338 g/mol. The Bertz CT molecular complexity index is 662. The maximum absolute atomic E-state index is 13.5. The zero-order valence-corrected chi connectivity index (χ0v) is 15.9. The molecular formula is C20H28F2N2O2. The summed E-state index contributed by atoms with van der Waals surface area (Å²) in [5.74, 6) is -2.30. The maximum Gasteiger partial charge on any atom is 0.246 e. The molecule has 1 aromatic rings. The summed E-state index contributed by atoms with van der Waals surface area (Å²) in [5.41, 5.74) is 0.442. The summed E-state index contributed by atoms with van der Waals surface area (Å²) in [6, 6.07) is 2.19. The summed E-state index contributed by atoms with van der Waals surface area (Å²) < 4.78 is 26.7. The Hall–Kier alpha value is -1.98. The average molecular weight is 366 g/mol. The van der Waals surface area contributed by atoms with Crippen molar-refractivity contribution in [2.24, 2.45) is 17.3 Å². The van der Waals surface area contributed by atoms with E-state index in [1.54, 1.807) is 0 Å². The summed E-state index contributed by atoms with van der Waals surface area (Å²) in [5, 5.41) is 5.18. The van der Waals surface area contributed by atoms with Crippen LogP contribution in [0.5, 0.6) is 0 Å². The van der Waals surface area contributed by atoms with E-state index in [4.69, 9.17) is 0 Å². The minimum atomic E-state index is -1.05. The molecule has 1 aromatic carbocycles. The molecule has 1 atom stereocenters. The fourth-order valence-electron chi connectivity index (χ4n) is 3.62. The van der Waals surface area contributed by atoms with Crippen molar-refractivity contribution >= 4 is 11.8 Å². The van der Waals surface area contributed by atoms with Crippen molar-refractivity contribution in [1.29, 1.82) is 0 Å². The molecule has 6 heteroatoms. The van der Waals surface area contributed by atoms with Crippen LogP contribution >= 0.6 is 0 Å². The Morgan fingerprint density at radius 3 is 2.19 bits per heavy atom. The second kappa shape index (κ2) is 8.14. The first-order valence-corrected chi connectivity index (χ1v) is 9.10. The zero-order valence-electron chi connectivity index (χ0n) is 15.9. The highest BCUT2D eigenvalue weighted by atomic mass is 19.2. The Morgan fingerprint density at radius 1 is 1.08 bits per heavy atom. The number of nitrogens with one attached hydrogen (secondary N) is 2. The molecule has 4 nitrogen and oxygen atoms in total. The number of hydrogen-bond donors (Lipinski definition) is 2. The monoisotopic (exact) mass is 366 g/mol. The van der Waals surface area contributed by atoms with Crippen LogP contribution in [0.2, 0.25) is 0 Å². The largest absolute Gasteiger partial charge is 0.357 e. The first kappa shape index (κ1) is 20.3. The van der Waals surface area contributed by atoms with Crippen LogP contribution in [0.25, 0.3) is 0 Å². The molecule has 0 spiro atoms. The van der Waals surface area contributed by atoms with Gasteiger partial charge in [-0.05, 0) is 54.7 Å². The molecule has 2 N–H and O–H groups in total. The first-order chi connectivity index (χ1) is 12.1. The molecule has 1 fully saturated rings. The predicted octanol–water partition coefficient (Wildman–Crippen LogP) is 3.72. The zero-order chi connectivity index (χ0) is 19.5. The standard InChI is InChI=1S/C20H28F2N2O2/c1-20(2,3)14-8-5-12(6-9-14)18(25)24-17(19(26)23-4)13-7-10-15(21)16(22)11-13/h7,10-12,14,17H,5-6,8-9H2,1-4H3,(H,23,26)(H,24,25). The van der Waals surface area contributed by atoms with E-state index in [-0.39, 0.29) is 22.8 Å². The van der Waals surface area contributed by atoms with E-state index in [1.807, 2.05) is 0 Å². The number of benzene rings is 1.